The molecule has 2 fully saturated rings. The summed E-state index contributed by atoms with van der Waals surface area (Å²) in [5.74, 6) is -0.527. The lowest BCUT2D eigenvalue weighted by Crippen LogP contribution is -2.25. The topological polar surface area (TPSA) is 119 Å². The van der Waals surface area contributed by atoms with Gasteiger partial charge in [-0.25, -0.2) is 9.37 Å². The number of hydrogen-bond acceptors (Lipinski definition) is 8. The SMILES string of the molecule is CO/N=C1/CN(c2nc3c(cc2F)c(=O)c2c(=O)[nH]sc2n3C2CC2)CC1CN. The van der Waals surface area contributed by atoms with Gasteiger partial charge in [-0.1, -0.05) is 5.16 Å². The summed E-state index contributed by atoms with van der Waals surface area (Å²) >= 11 is 1.12. The Labute approximate surface area is 167 Å². The number of hydrogen-bond donors (Lipinski definition) is 2. The Morgan fingerprint density at radius 2 is 2.24 bits per heavy atom. The van der Waals surface area contributed by atoms with Crippen LogP contribution in [0.3, 0.4) is 0 Å². The van der Waals surface area contributed by atoms with Crippen LogP contribution >= 0.6 is 11.5 Å². The van der Waals surface area contributed by atoms with Crippen molar-refractivity contribution in [2.75, 3.05) is 31.6 Å². The van der Waals surface area contributed by atoms with Crippen LogP contribution in [0.15, 0.2) is 20.8 Å². The Morgan fingerprint density at radius 3 is 2.93 bits per heavy atom. The number of fused-ring (bicyclic) bond motifs is 2. The molecule has 11 heteroatoms. The van der Waals surface area contributed by atoms with Crippen LogP contribution in [-0.4, -0.2) is 46.4 Å². The van der Waals surface area contributed by atoms with Crippen molar-refractivity contribution in [1.29, 1.82) is 0 Å². The molecule has 29 heavy (non-hydrogen) atoms. The first-order valence-electron chi connectivity index (χ1n) is 9.34. The number of nitrogens with one attached hydrogen (secondary N) is 1. The van der Waals surface area contributed by atoms with Gasteiger partial charge in [-0.15, -0.1) is 0 Å². The average molecular weight is 418 g/mol. The molecule has 1 atom stereocenters. The molecule has 3 aromatic rings. The zero-order valence-corrected chi connectivity index (χ0v) is 16.5. The van der Waals surface area contributed by atoms with E-state index in [4.69, 9.17) is 10.6 Å². The highest BCUT2D eigenvalue weighted by Crippen LogP contribution is 2.40. The maximum Gasteiger partial charge on any atom is 0.271 e. The summed E-state index contributed by atoms with van der Waals surface area (Å²) in [4.78, 5) is 36.8. The zero-order valence-electron chi connectivity index (χ0n) is 15.6. The Balaban J connectivity index is 1.73. The van der Waals surface area contributed by atoms with Crippen molar-refractivity contribution >= 4 is 44.3 Å². The number of nitrogens with zero attached hydrogens (tertiary/aromatic N) is 4. The first-order valence-corrected chi connectivity index (χ1v) is 10.2. The third-order valence-corrected chi connectivity index (χ3v) is 6.39. The van der Waals surface area contributed by atoms with Crippen molar-refractivity contribution < 1.29 is 9.23 Å². The van der Waals surface area contributed by atoms with E-state index in [1.165, 1.54) is 13.2 Å². The van der Waals surface area contributed by atoms with Gasteiger partial charge in [0.1, 0.15) is 23.0 Å². The first-order chi connectivity index (χ1) is 14.0. The summed E-state index contributed by atoms with van der Waals surface area (Å²) < 4.78 is 19.6. The zero-order chi connectivity index (χ0) is 20.3. The molecule has 3 N–H and O–H groups in total. The second kappa shape index (κ2) is 6.63. The number of oxime groups is 1. The Morgan fingerprint density at radius 1 is 1.45 bits per heavy atom. The molecule has 1 saturated heterocycles. The summed E-state index contributed by atoms with van der Waals surface area (Å²) in [6.07, 6.45) is 1.86. The largest absolute Gasteiger partial charge is 0.399 e. The molecule has 0 bridgehead atoms. The molecule has 0 spiro atoms. The molecule has 0 radical (unpaired) electrons. The fourth-order valence-electron chi connectivity index (χ4n) is 3.96. The molecule has 2 aliphatic rings. The fourth-order valence-corrected chi connectivity index (χ4v) is 4.87. The van der Waals surface area contributed by atoms with E-state index in [0.29, 0.717) is 30.1 Å². The summed E-state index contributed by atoms with van der Waals surface area (Å²) in [6, 6.07) is 1.34. The molecule has 9 nitrogen and oxygen atoms in total. The van der Waals surface area contributed by atoms with E-state index < -0.39 is 16.8 Å². The van der Waals surface area contributed by atoms with Crippen LogP contribution < -0.4 is 21.6 Å². The quantitative estimate of drug-likeness (QED) is 0.614. The van der Waals surface area contributed by atoms with Crippen molar-refractivity contribution in [2.24, 2.45) is 16.8 Å². The summed E-state index contributed by atoms with van der Waals surface area (Å²) in [5, 5.41) is 4.20. The molecule has 5 rings (SSSR count). The molecular formula is C18H19FN6O3S. The van der Waals surface area contributed by atoms with Crippen molar-refractivity contribution in [3.8, 4) is 0 Å². The number of halogens is 1. The molecule has 1 aliphatic carbocycles. The van der Waals surface area contributed by atoms with Crippen LogP contribution in [0.5, 0.6) is 0 Å². The molecule has 1 unspecified atom stereocenters. The van der Waals surface area contributed by atoms with Crippen LogP contribution in [-0.2, 0) is 4.84 Å². The number of H-pyrrole nitrogens is 1. The molecule has 152 valence electrons. The van der Waals surface area contributed by atoms with Crippen LogP contribution in [0.1, 0.15) is 18.9 Å². The molecule has 1 aliphatic heterocycles. The molecule has 0 aromatic carbocycles. The van der Waals surface area contributed by atoms with E-state index in [-0.39, 0.29) is 28.6 Å². The van der Waals surface area contributed by atoms with E-state index in [1.807, 2.05) is 4.57 Å². The summed E-state index contributed by atoms with van der Waals surface area (Å²) in [5.41, 5.74) is 6.02. The average Bonchev–Trinajstić information content (AvgIpc) is 3.35. The van der Waals surface area contributed by atoms with Crippen molar-refractivity contribution in [3.05, 3.63) is 32.5 Å². The van der Waals surface area contributed by atoms with Gasteiger partial charge in [0.2, 0.25) is 5.43 Å². The lowest BCUT2D eigenvalue weighted by Gasteiger charge is -2.19. The number of aromatic nitrogens is 3. The maximum atomic E-state index is 15.0. The van der Waals surface area contributed by atoms with Crippen LogP contribution in [0, 0.1) is 11.7 Å². The van der Waals surface area contributed by atoms with Gasteiger partial charge in [-0.3, -0.25) is 14.0 Å². The van der Waals surface area contributed by atoms with E-state index >= 15 is 4.39 Å². The second-order valence-electron chi connectivity index (χ2n) is 7.39. The van der Waals surface area contributed by atoms with E-state index in [0.717, 1.165) is 30.1 Å². The van der Waals surface area contributed by atoms with Gasteiger partial charge < -0.3 is 20.0 Å². The van der Waals surface area contributed by atoms with Crippen LogP contribution in [0.4, 0.5) is 10.2 Å². The van der Waals surface area contributed by atoms with Gasteiger partial charge in [-0.05, 0) is 30.4 Å². The lowest BCUT2D eigenvalue weighted by atomic mass is 10.1. The van der Waals surface area contributed by atoms with Crippen molar-refractivity contribution in [3.63, 3.8) is 0 Å². The monoisotopic (exact) mass is 418 g/mol. The lowest BCUT2D eigenvalue weighted by molar-refractivity contribution is 0.211. The highest BCUT2D eigenvalue weighted by Gasteiger charge is 2.33. The Bertz CT molecular complexity index is 1270. The van der Waals surface area contributed by atoms with Crippen LogP contribution in [0.25, 0.3) is 21.3 Å². The molecular weight excluding hydrogens is 399 g/mol. The second-order valence-corrected chi connectivity index (χ2v) is 8.18. The van der Waals surface area contributed by atoms with E-state index in [1.54, 1.807) is 4.90 Å². The van der Waals surface area contributed by atoms with Gasteiger partial charge in [0.25, 0.3) is 5.56 Å². The van der Waals surface area contributed by atoms with Gasteiger partial charge in [-0.2, -0.15) is 0 Å². The van der Waals surface area contributed by atoms with Crippen LogP contribution in [0.2, 0.25) is 0 Å². The van der Waals surface area contributed by atoms with Gasteiger partial charge in [0.15, 0.2) is 11.6 Å². The highest BCUT2D eigenvalue weighted by molar-refractivity contribution is 7.12. The predicted molar refractivity (Wildman–Crippen MR) is 109 cm³/mol. The molecule has 3 aromatic heterocycles. The third-order valence-electron chi connectivity index (χ3n) is 5.51. The number of pyridine rings is 2. The Kier molecular flexibility index (Phi) is 4.17. The standard InChI is InChI=1S/C18H19FN6O3S/c1-28-22-12-7-24(6-8(12)5-20)16-11(19)4-10-14(26)13-17(27)23-29-18(13)25(9-2-3-9)15(10)21-16/h4,8-9H,2-3,5-7,20H2,1H3,(H,23,27)/b22-12-. The van der Waals surface area contributed by atoms with E-state index in [2.05, 4.69) is 14.5 Å². The first kappa shape index (κ1) is 18.3. The summed E-state index contributed by atoms with van der Waals surface area (Å²) in [7, 11) is 1.46. The minimum absolute atomic E-state index is 0.0603. The van der Waals surface area contributed by atoms with Gasteiger partial charge >= 0.3 is 0 Å². The van der Waals surface area contributed by atoms with Gasteiger partial charge in [0, 0.05) is 25.0 Å². The molecule has 0 amide bonds. The molecule has 4 heterocycles. The smallest absolute Gasteiger partial charge is 0.271 e. The minimum Gasteiger partial charge on any atom is -0.399 e. The van der Waals surface area contributed by atoms with Crippen molar-refractivity contribution in [2.45, 2.75) is 18.9 Å². The summed E-state index contributed by atoms with van der Waals surface area (Å²) in [6.45, 7) is 1.17. The fraction of sp³-hybridized carbons (Fsp3) is 0.444. The van der Waals surface area contributed by atoms with Crippen molar-refractivity contribution in [1.82, 2.24) is 13.9 Å². The van der Waals surface area contributed by atoms with E-state index in [9.17, 15) is 9.59 Å². The normalized spacial score (nSPS) is 21.0. The highest BCUT2D eigenvalue weighted by atomic mass is 32.1. The van der Waals surface area contributed by atoms with Gasteiger partial charge in [0.05, 0.1) is 17.6 Å². The Hall–Kier alpha value is -2.79. The number of anilines is 1. The number of nitrogens with two attached hydrogens (primary N) is 1. The number of aromatic amines is 1. The third kappa shape index (κ3) is 2.76. The predicted octanol–water partition coefficient (Wildman–Crippen LogP) is 1.17. The minimum atomic E-state index is -0.614. The molecule has 1 saturated carbocycles. The maximum absolute atomic E-state index is 15.0. The number of rotatable bonds is 4.